The molecule has 1 saturated carbocycles. The van der Waals surface area contributed by atoms with E-state index in [0.717, 1.165) is 18.4 Å². The molecule has 5 heteroatoms. The number of nitrogens with two attached hydrogens (primary N) is 1. The highest BCUT2D eigenvalue weighted by molar-refractivity contribution is 5.89. The van der Waals surface area contributed by atoms with E-state index in [4.69, 9.17) is 10.5 Å². The maximum atomic E-state index is 12.1. The zero-order valence-corrected chi connectivity index (χ0v) is 11.0. The van der Waals surface area contributed by atoms with Gasteiger partial charge < -0.3 is 20.1 Å². The third kappa shape index (κ3) is 2.61. The first-order chi connectivity index (χ1) is 9.63. The van der Waals surface area contributed by atoms with E-state index in [-0.39, 0.29) is 12.4 Å². The van der Waals surface area contributed by atoms with Gasteiger partial charge in [0.2, 0.25) is 0 Å². The number of aromatic nitrogens is 1. The Kier molecular flexibility index (Phi) is 3.10. The van der Waals surface area contributed by atoms with Crippen molar-refractivity contribution >= 4 is 11.7 Å². The fourth-order valence-corrected chi connectivity index (χ4v) is 2.19. The highest BCUT2D eigenvalue weighted by Gasteiger charge is 2.28. The van der Waals surface area contributed by atoms with Gasteiger partial charge in [-0.1, -0.05) is 12.1 Å². The van der Waals surface area contributed by atoms with Crippen LogP contribution in [0.25, 0.3) is 0 Å². The molecule has 0 aliphatic heterocycles. The maximum Gasteiger partial charge on any atom is 0.355 e. The summed E-state index contributed by atoms with van der Waals surface area (Å²) < 4.78 is 7.16. The van der Waals surface area contributed by atoms with E-state index in [1.54, 1.807) is 36.5 Å². The average molecular weight is 272 g/mol. The average Bonchev–Trinajstić information content (AvgIpc) is 3.19. The number of hydrogen-bond acceptors (Lipinski definition) is 4. The number of nitrogens with zero attached hydrogens (tertiary/aromatic N) is 1. The number of hydrogen-bond donors (Lipinski definition) is 2. The van der Waals surface area contributed by atoms with Gasteiger partial charge in [-0.25, -0.2) is 4.79 Å². The Morgan fingerprint density at radius 3 is 2.90 bits per heavy atom. The van der Waals surface area contributed by atoms with Crippen LogP contribution in [0.1, 0.15) is 34.9 Å². The molecule has 0 amide bonds. The molecule has 0 atom stereocenters. The topological polar surface area (TPSA) is 77.5 Å². The first kappa shape index (κ1) is 12.6. The summed E-state index contributed by atoms with van der Waals surface area (Å²) in [6, 6.07) is 8.66. The van der Waals surface area contributed by atoms with Gasteiger partial charge in [0.1, 0.15) is 18.1 Å². The first-order valence-electron chi connectivity index (χ1n) is 6.56. The lowest BCUT2D eigenvalue weighted by molar-refractivity contribution is 0.0459. The fraction of sp³-hybridized carbons (Fsp3) is 0.267. The van der Waals surface area contributed by atoms with Gasteiger partial charge in [-0.15, -0.1) is 0 Å². The van der Waals surface area contributed by atoms with Crippen molar-refractivity contribution in [1.29, 1.82) is 0 Å². The molecule has 0 bridgehead atoms. The van der Waals surface area contributed by atoms with Crippen LogP contribution in [-0.2, 0) is 11.3 Å². The zero-order chi connectivity index (χ0) is 14.1. The van der Waals surface area contributed by atoms with Crippen LogP contribution in [-0.4, -0.2) is 15.6 Å². The third-order valence-electron chi connectivity index (χ3n) is 3.30. The molecule has 0 radical (unpaired) electrons. The lowest BCUT2D eigenvalue weighted by Gasteiger charge is -2.08. The van der Waals surface area contributed by atoms with Crippen LogP contribution < -0.4 is 5.73 Å². The molecule has 1 fully saturated rings. The molecule has 20 heavy (non-hydrogen) atoms. The summed E-state index contributed by atoms with van der Waals surface area (Å²) >= 11 is 0. The van der Waals surface area contributed by atoms with Crippen molar-refractivity contribution in [3.8, 4) is 5.75 Å². The molecule has 1 aromatic heterocycles. The normalized spacial score (nSPS) is 14.2. The summed E-state index contributed by atoms with van der Waals surface area (Å²) in [4.78, 5) is 12.1. The van der Waals surface area contributed by atoms with Gasteiger partial charge in [-0.2, -0.15) is 0 Å². The van der Waals surface area contributed by atoms with Crippen molar-refractivity contribution in [2.45, 2.75) is 25.5 Å². The Bertz CT molecular complexity index is 644. The molecule has 1 aliphatic rings. The number of carbonyl (C=O) groups excluding carboxylic acids is 1. The molecular formula is C15H16N2O3. The summed E-state index contributed by atoms with van der Waals surface area (Å²) in [5.41, 5.74) is 7.56. The van der Waals surface area contributed by atoms with Crippen LogP contribution in [0.4, 0.5) is 5.69 Å². The lowest BCUT2D eigenvalue weighted by atomic mass is 10.2. The molecule has 5 nitrogen and oxygen atoms in total. The molecule has 0 unspecified atom stereocenters. The van der Waals surface area contributed by atoms with Crippen molar-refractivity contribution in [2.75, 3.05) is 5.73 Å². The fourth-order valence-electron chi connectivity index (χ4n) is 2.19. The smallest absolute Gasteiger partial charge is 0.355 e. The molecule has 3 rings (SSSR count). The summed E-state index contributed by atoms with van der Waals surface area (Å²) in [5, 5.41) is 9.36. The van der Waals surface area contributed by atoms with E-state index >= 15 is 0 Å². The van der Waals surface area contributed by atoms with Gasteiger partial charge in [0, 0.05) is 12.2 Å². The minimum atomic E-state index is -0.392. The standard InChI is InChI=1S/C15H16N2O3/c16-11-7-14(17(8-11)12-4-5-12)15(19)20-9-10-2-1-3-13(18)6-10/h1-3,6-8,12,18H,4-5,9,16H2. The van der Waals surface area contributed by atoms with E-state index in [9.17, 15) is 9.90 Å². The van der Waals surface area contributed by atoms with Crippen molar-refractivity contribution in [1.82, 2.24) is 4.57 Å². The Hall–Kier alpha value is -2.43. The lowest BCUT2D eigenvalue weighted by Crippen LogP contribution is -2.11. The summed E-state index contributed by atoms with van der Waals surface area (Å²) in [6.07, 6.45) is 3.92. The minimum Gasteiger partial charge on any atom is -0.508 e. The largest absolute Gasteiger partial charge is 0.508 e. The van der Waals surface area contributed by atoms with Crippen molar-refractivity contribution in [3.05, 3.63) is 47.8 Å². The van der Waals surface area contributed by atoms with Crippen LogP contribution in [0.2, 0.25) is 0 Å². The predicted molar refractivity (Wildman–Crippen MR) is 74.3 cm³/mol. The first-order valence-corrected chi connectivity index (χ1v) is 6.56. The van der Waals surface area contributed by atoms with Gasteiger partial charge in [0.05, 0.1) is 5.69 Å². The number of esters is 1. The Labute approximate surface area is 116 Å². The number of phenols is 1. The van der Waals surface area contributed by atoms with Crippen molar-refractivity contribution < 1.29 is 14.6 Å². The van der Waals surface area contributed by atoms with Crippen molar-refractivity contribution in [2.24, 2.45) is 0 Å². The van der Waals surface area contributed by atoms with Crippen LogP contribution in [0.5, 0.6) is 5.75 Å². The summed E-state index contributed by atoms with van der Waals surface area (Å²) in [5.74, 6) is -0.235. The number of aromatic hydroxyl groups is 1. The number of ether oxygens (including phenoxy) is 1. The SMILES string of the molecule is Nc1cc(C(=O)OCc2cccc(O)c2)n(C2CC2)c1. The molecule has 0 spiro atoms. The molecule has 104 valence electrons. The van der Waals surface area contributed by atoms with E-state index in [2.05, 4.69) is 0 Å². The second-order valence-corrected chi connectivity index (χ2v) is 5.04. The molecular weight excluding hydrogens is 256 g/mol. The minimum absolute atomic E-state index is 0.128. The van der Waals surface area contributed by atoms with Gasteiger partial charge in [0.25, 0.3) is 0 Å². The summed E-state index contributed by atoms with van der Waals surface area (Å²) in [7, 11) is 0. The van der Waals surface area contributed by atoms with Gasteiger partial charge in [-0.05, 0) is 36.6 Å². The number of anilines is 1. The predicted octanol–water partition coefficient (Wildman–Crippen LogP) is 2.47. The van der Waals surface area contributed by atoms with Crippen molar-refractivity contribution in [3.63, 3.8) is 0 Å². The number of carbonyl (C=O) groups is 1. The van der Waals surface area contributed by atoms with Gasteiger partial charge in [-0.3, -0.25) is 0 Å². The van der Waals surface area contributed by atoms with Crippen LogP contribution in [0, 0.1) is 0 Å². The molecule has 1 heterocycles. The molecule has 0 saturated heterocycles. The van der Waals surface area contributed by atoms with E-state index < -0.39 is 5.97 Å². The van der Waals surface area contributed by atoms with E-state index in [1.807, 2.05) is 4.57 Å². The molecule has 2 aromatic rings. The molecule has 1 aliphatic carbocycles. The van der Waals surface area contributed by atoms with Crippen LogP contribution in [0.15, 0.2) is 36.5 Å². The zero-order valence-electron chi connectivity index (χ0n) is 11.0. The van der Waals surface area contributed by atoms with E-state index in [1.165, 1.54) is 0 Å². The second-order valence-electron chi connectivity index (χ2n) is 5.04. The molecule has 1 aromatic carbocycles. The Balaban J connectivity index is 1.70. The summed E-state index contributed by atoms with van der Waals surface area (Å²) in [6.45, 7) is 0.128. The maximum absolute atomic E-state index is 12.1. The molecule has 3 N–H and O–H groups in total. The second kappa shape index (κ2) is 4.92. The number of phenolic OH excluding ortho intramolecular Hbond substituents is 1. The number of nitrogen functional groups attached to an aromatic ring is 1. The van der Waals surface area contributed by atoms with Gasteiger partial charge >= 0.3 is 5.97 Å². The number of rotatable bonds is 4. The third-order valence-corrected chi connectivity index (χ3v) is 3.30. The Morgan fingerprint density at radius 1 is 1.40 bits per heavy atom. The quantitative estimate of drug-likeness (QED) is 0.838. The van der Waals surface area contributed by atoms with Gasteiger partial charge in [0.15, 0.2) is 0 Å². The number of benzene rings is 1. The monoisotopic (exact) mass is 272 g/mol. The van der Waals surface area contributed by atoms with Crippen LogP contribution in [0.3, 0.4) is 0 Å². The Morgan fingerprint density at radius 2 is 2.20 bits per heavy atom. The highest BCUT2D eigenvalue weighted by atomic mass is 16.5. The highest BCUT2D eigenvalue weighted by Crippen LogP contribution is 2.37. The van der Waals surface area contributed by atoms with E-state index in [0.29, 0.717) is 17.4 Å². The van der Waals surface area contributed by atoms with Crippen LogP contribution >= 0.6 is 0 Å².